The number of nitrogens with zero attached hydrogens (tertiary/aromatic N) is 3. The fraction of sp³-hybridized carbons (Fsp3) is 0.583. The summed E-state index contributed by atoms with van der Waals surface area (Å²) in [7, 11) is 3.43. The third-order valence-corrected chi connectivity index (χ3v) is 2.46. The average molecular weight is 251 g/mol. The summed E-state index contributed by atoms with van der Waals surface area (Å²) in [4.78, 5) is 21.8. The third kappa shape index (κ3) is 3.58. The molecule has 3 N–H and O–H groups in total. The molecule has 0 spiro atoms. The zero-order chi connectivity index (χ0) is 13.9. The molecular weight excluding hydrogens is 230 g/mol. The highest BCUT2D eigenvalue weighted by atomic mass is 16.2. The summed E-state index contributed by atoms with van der Waals surface area (Å²) in [5.41, 5.74) is 5.72. The molecule has 1 aromatic rings. The second-order valence-electron chi connectivity index (χ2n) is 4.79. The Kier molecular flexibility index (Phi) is 4.47. The van der Waals surface area contributed by atoms with Crippen molar-refractivity contribution in [1.29, 1.82) is 0 Å². The first kappa shape index (κ1) is 14.2. The molecule has 0 saturated heterocycles. The maximum absolute atomic E-state index is 11.7. The van der Waals surface area contributed by atoms with Crippen LogP contribution in [-0.4, -0.2) is 40.9 Å². The van der Waals surface area contributed by atoms with E-state index in [1.807, 2.05) is 13.8 Å². The van der Waals surface area contributed by atoms with E-state index >= 15 is 0 Å². The van der Waals surface area contributed by atoms with Gasteiger partial charge in [-0.25, -0.2) is 9.97 Å². The highest BCUT2D eigenvalue weighted by Crippen LogP contribution is 2.15. The van der Waals surface area contributed by atoms with E-state index in [1.165, 1.54) is 4.90 Å². The zero-order valence-corrected chi connectivity index (χ0v) is 11.6. The van der Waals surface area contributed by atoms with Gasteiger partial charge >= 0.3 is 0 Å². The number of anilines is 2. The van der Waals surface area contributed by atoms with E-state index in [0.29, 0.717) is 17.5 Å². The number of likely N-dealkylation sites (N-methyl/N-ethyl adjacent to an activating group) is 1. The smallest absolute Gasteiger partial charge is 0.244 e. The minimum absolute atomic E-state index is 0.0155. The topological polar surface area (TPSA) is 84.1 Å². The van der Waals surface area contributed by atoms with Crippen molar-refractivity contribution in [2.75, 3.05) is 25.1 Å². The number of carbonyl (C=O) groups excluding carboxylic acids is 1. The summed E-state index contributed by atoms with van der Waals surface area (Å²) in [5, 5.41) is 3.04. The second-order valence-corrected chi connectivity index (χ2v) is 4.79. The number of nitrogens with one attached hydrogen (secondary N) is 1. The molecule has 18 heavy (non-hydrogen) atoms. The molecule has 1 unspecified atom stereocenters. The molecule has 1 aromatic heterocycles. The van der Waals surface area contributed by atoms with E-state index in [0.717, 1.165) is 0 Å². The Bertz CT molecular complexity index is 430. The van der Waals surface area contributed by atoms with Crippen LogP contribution in [0, 0.1) is 0 Å². The van der Waals surface area contributed by atoms with Gasteiger partial charge in [0, 0.05) is 26.1 Å². The molecule has 0 saturated carbocycles. The minimum Gasteiger partial charge on any atom is -0.384 e. The van der Waals surface area contributed by atoms with Gasteiger partial charge in [0.15, 0.2) is 0 Å². The van der Waals surface area contributed by atoms with Gasteiger partial charge in [0.05, 0.1) is 0 Å². The van der Waals surface area contributed by atoms with E-state index in [2.05, 4.69) is 15.3 Å². The number of hydrogen-bond donors (Lipinski definition) is 2. The molecule has 6 nitrogen and oxygen atoms in total. The molecule has 0 aliphatic carbocycles. The monoisotopic (exact) mass is 251 g/mol. The average Bonchev–Trinajstić information content (AvgIpc) is 2.26. The van der Waals surface area contributed by atoms with E-state index in [4.69, 9.17) is 5.73 Å². The first-order valence-electron chi connectivity index (χ1n) is 5.93. The normalized spacial score (nSPS) is 12.3. The summed E-state index contributed by atoms with van der Waals surface area (Å²) in [6.45, 7) is 5.77. The molecule has 0 fully saturated rings. The molecule has 0 aliphatic heterocycles. The van der Waals surface area contributed by atoms with Crippen LogP contribution in [0.2, 0.25) is 0 Å². The highest BCUT2D eigenvalue weighted by Gasteiger charge is 2.16. The zero-order valence-electron chi connectivity index (χ0n) is 11.6. The standard InChI is InChI=1S/C12H21N5O/c1-7(2)11-15-9(13)6-10(16-11)14-8(3)12(18)17(4)5/h6-8H,1-5H3,(H3,13,14,15,16). The summed E-state index contributed by atoms with van der Waals surface area (Å²) in [6, 6.07) is 1.28. The van der Waals surface area contributed by atoms with Crippen LogP contribution in [0.5, 0.6) is 0 Å². The Balaban J connectivity index is 2.87. The molecule has 0 bridgehead atoms. The van der Waals surface area contributed by atoms with Gasteiger partial charge in [-0.1, -0.05) is 13.8 Å². The van der Waals surface area contributed by atoms with Crippen molar-refractivity contribution < 1.29 is 4.79 Å². The molecule has 100 valence electrons. The SMILES string of the molecule is CC(Nc1cc(N)nc(C(C)C)n1)C(=O)N(C)C. The minimum atomic E-state index is -0.352. The molecule has 0 aromatic carbocycles. The van der Waals surface area contributed by atoms with E-state index in [9.17, 15) is 4.79 Å². The van der Waals surface area contributed by atoms with Crippen molar-refractivity contribution in [1.82, 2.24) is 14.9 Å². The second kappa shape index (κ2) is 5.66. The van der Waals surface area contributed by atoms with Gasteiger partial charge in [-0.05, 0) is 6.92 Å². The number of rotatable bonds is 4. The van der Waals surface area contributed by atoms with Gasteiger partial charge in [-0.2, -0.15) is 0 Å². The summed E-state index contributed by atoms with van der Waals surface area (Å²) in [5.74, 6) is 1.82. The Hall–Kier alpha value is -1.85. The van der Waals surface area contributed by atoms with Crippen molar-refractivity contribution in [2.24, 2.45) is 0 Å². The number of carbonyl (C=O) groups is 1. The van der Waals surface area contributed by atoms with E-state index in [-0.39, 0.29) is 17.9 Å². The van der Waals surface area contributed by atoms with Gasteiger partial charge in [-0.3, -0.25) is 4.79 Å². The van der Waals surface area contributed by atoms with Crippen LogP contribution >= 0.6 is 0 Å². The summed E-state index contributed by atoms with van der Waals surface area (Å²) >= 11 is 0. The highest BCUT2D eigenvalue weighted by molar-refractivity contribution is 5.83. The Labute approximate surface area is 108 Å². The molecule has 1 amide bonds. The summed E-state index contributed by atoms with van der Waals surface area (Å²) in [6.07, 6.45) is 0. The van der Waals surface area contributed by atoms with Crippen LogP contribution in [-0.2, 0) is 4.79 Å². The van der Waals surface area contributed by atoms with Crippen molar-refractivity contribution in [3.8, 4) is 0 Å². The summed E-state index contributed by atoms with van der Waals surface area (Å²) < 4.78 is 0. The van der Waals surface area contributed by atoms with Crippen molar-refractivity contribution >= 4 is 17.5 Å². The number of nitrogens with two attached hydrogens (primary N) is 1. The molecular formula is C12H21N5O. The van der Waals surface area contributed by atoms with Crippen LogP contribution in [0.1, 0.15) is 32.5 Å². The van der Waals surface area contributed by atoms with Crippen LogP contribution in [0.4, 0.5) is 11.6 Å². The quantitative estimate of drug-likeness (QED) is 0.836. The Morgan fingerprint density at radius 1 is 1.33 bits per heavy atom. The third-order valence-electron chi connectivity index (χ3n) is 2.46. The van der Waals surface area contributed by atoms with Gasteiger partial charge in [0.2, 0.25) is 5.91 Å². The Morgan fingerprint density at radius 3 is 2.44 bits per heavy atom. The molecule has 0 aliphatic rings. The lowest BCUT2D eigenvalue weighted by atomic mass is 10.2. The fourth-order valence-corrected chi connectivity index (χ4v) is 1.49. The lowest BCUT2D eigenvalue weighted by Gasteiger charge is -2.19. The van der Waals surface area contributed by atoms with E-state index in [1.54, 1.807) is 27.1 Å². The molecule has 6 heteroatoms. The molecule has 1 heterocycles. The van der Waals surface area contributed by atoms with Gasteiger partial charge in [0.25, 0.3) is 0 Å². The van der Waals surface area contributed by atoms with Gasteiger partial charge in [-0.15, -0.1) is 0 Å². The number of aromatic nitrogens is 2. The first-order valence-corrected chi connectivity index (χ1v) is 5.93. The predicted molar refractivity (Wildman–Crippen MR) is 72.3 cm³/mol. The van der Waals surface area contributed by atoms with Gasteiger partial charge < -0.3 is 16.0 Å². The van der Waals surface area contributed by atoms with Gasteiger partial charge in [0.1, 0.15) is 23.5 Å². The number of amides is 1. The number of nitrogen functional groups attached to an aromatic ring is 1. The Morgan fingerprint density at radius 2 is 1.94 bits per heavy atom. The predicted octanol–water partition coefficient (Wildman–Crippen LogP) is 1.07. The largest absolute Gasteiger partial charge is 0.384 e. The lowest BCUT2D eigenvalue weighted by molar-refractivity contribution is -0.129. The van der Waals surface area contributed by atoms with Crippen LogP contribution in [0.25, 0.3) is 0 Å². The van der Waals surface area contributed by atoms with Crippen molar-refractivity contribution in [3.05, 3.63) is 11.9 Å². The maximum Gasteiger partial charge on any atom is 0.244 e. The lowest BCUT2D eigenvalue weighted by Crippen LogP contribution is -2.36. The molecule has 0 radical (unpaired) electrons. The van der Waals surface area contributed by atoms with Crippen LogP contribution in [0.3, 0.4) is 0 Å². The van der Waals surface area contributed by atoms with Crippen molar-refractivity contribution in [3.63, 3.8) is 0 Å². The fourth-order valence-electron chi connectivity index (χ4n) is 1.49. The van der Waals surface area contributed by atoms with Crippen LogP contribution < -0.4 is 11.1 Å². The molecule has 1 rings (SSSR count). The van der Waals surface area contributed by atoms with Crippen molar-refractivity contribution in [2.45, 2.75) is 32.7 Å². The number of hydrogen-bond acceptors (Lipinski definition) is 5. The molecule has 1 atom stereocenters. The van der Waals surface area contributed by atoms with Crippen LogP contribution in [0.15, 0.2) is 6.07 Å². The maximum atomic E-state index is 11.7. The first-order chi connectivity index (χ1) is 8.31. The van der Waals surface area contributed by atoms with E-state index < -0.39 is 0 Å².